The van der Waals surface area contributed by atoms with Crippen molar-refractivity contribution in [3.8, 4) is 0 Å². The van der Waals surface area contributed by atoms with E-state index >= 15 is 0 Å². The second kappa shape index (κ2) is 7.36. The third-order valence-corrected chi connectivity index (χ3v) is 2.48. The molecular weight excluding hydrogens is 276 g/mol. The molecule has 0 unspecified atom stereocenters. The summed E-state index contributed by atoms with van der Waals surface area (Å²) in [6.07, 6.45) is 0. The molecular formula is C9H12N4O5S. The summed E-state index contributed by atoms with van der Waals surface area (Å²) in [7, 11) is 1.39. The second-order valence-corrected chi connectivity index (χ2v) is 3.94. The Morgan fingerprint density at radius 2 is 2.11 bits per heavy atom. The van der Waals surface area contributed by atoms with Crippen molar-refractivity contribution in [2.24, 2.45) is 0 Å². The maximum atomic E-state index is 11.3. The number of nitrogens with zero attached hydrogens (tertiary/aromatic N) is 2. The highest BCUT2D eigenvalue weighted by molar-refractivity contribution is 7.99. The van der Waals surface area contributed by atoms with Crippen LogP contribution in [0.3, 0.4) is 0 Å². The van der Waals surface area contributed by atoms with Crippen molar-refractivity contribution in [2.45, 2.75) is 12.1 Å². The molecule has 0 spiro atoms. The van der Waals surface area contributed by atoms with Gasteiger partial charge in [-0.25, -0.2) is 9.59 Å². The standard InChI is InChI=1S/C9H12N4O5S/c1-3-17-7(15)6-12-13-9(18-6)19-4-5(14)11-8(16)10-2/h3-4H2,1-2H3,(H2,10,11,14,16). The molecule has 10 heteroatoms. The number of rotatable bonds is 5. The van der Waals surface area contributed by atoms with Crippen molar-refractivity contribution in [3.63, 3.8) is 0 Å². The molecule has 0 aliphatic heterocycles. The summed E-state index contributed by atoms with van der Waals surface area (Å²) in [5, 5.41) is 11.4. The maximum Gasteiger partial charge on any atom is 0.396 e. The lowest BCUT2D eigenvalue weighted by molar-refractivity contribution is -0.117. The van der Waals surface area contributed by atoms with Gasteiger partial charge in [0.2, 0.25) is 5.91 Å². The summed E-state index contributed by atoms with van der Waals surface area (Å²) >= 11 is 0.897. The van der Waals surface area contributed by atoms with Crippen molar-refractivity contribution in [1.82, 2.24) is 20.8 Å². The molecule has 0 bridgehead atoms. The molecule has 19 heavy (non-hydrogen) atoms. The average molecular weight is 288 g/mol. The van der Waals surface area contributed by atoms with Crippen LogP contribution in [0.1, 0.15) is 17.6 Å². The van der Waals surface area contributed by atoms with E-state index in [0.29, 0.717) is 0 Å². The number of hydrogen-bond donors (Lipinski definition) is 2. The Balaban J connectivity index is 2.44. The number of hydrogen-bond acceptors (Lipinski definition) is 8. The van der Waals surface area contributed by atoms with Gasteiger partial charge in [0.15, 0.2) is 0 Å². The molecule has 0 fully saturated rings. The molecule has 1 rings (SSSR count). The Kier molecular flexibility index (Phi) is 5.79. The van der Waals surface area contributed by atoms with E-state index in [1.165, 1.54) is 7.05 Å². The predicted molar refractivity (Wildman–Crippen MR) is 63.6 cm³/mol. The van der Waals surface area contributed by atoms with Gasteiger partial charge in [-0.05, 0) is 6.92 Å². The van der Waals surface area contributed by atoms with Crippen LogP contribution in [0.5, 0.6) is 0 Å². The van der Waals surface area contributed by atoms with E-state index in [0.717, 1.165) is 11.8 Å². The Labute approximate surface area is 112 Å². The monoisotopic (exact) mass is 288 g/mol. The van der Waals surface area contributed by atoms with Gasteiger partial charge in [-0.2, -0.15) is 0 Å². The fraction of sp³-hybridized carbons (Fsp3) is 0.444. The SMILES string of the molecule is CCOC(=O)c1nnc(SCC(=O)NC(=O)NC)o1. The van der Waals surface area contributed by atoms with Gasteiger partial charge in [0.25, 0.3) is 5.22 Å². The topological polar surface area (TPSA) is 123 Å². The first kappa shape index (κ1) is 15.0. The lowest BCUT2D eigenvalue weighted by Crippen LogP contribution is -2.38. The van der Waals surface area contributed by atoms with Crippen LogP contribution < -0.4 is 10.6 Å². The summed E-state index contributed by atoms with van der Waals surface area (Å²) in [6.45, 7) is 1.84. The van der Waals surface area contributed by atoms with Gasteiger partial charge in [-0.3, -0.25) is 10.1 Å². The zero-order valence-electron chi connectivity index (χ0n) is 10.3. The first-order valence-corrected chi connectivity index (χ1v) is 6.20. The Hall–Kier alpha value is -2.10. The van der Waals surface area contributed by atoms with E-state index in [1.807, 2.05) is 0 Å². The quantitative estimate of drug-likeness (QED) is 0.563. The number of aromatic nitrogens is 2. The first-order valence-electron chi connectivity index (χ1n) is 5.21. The molecule has 1 aromatic rings. The summed E-state index contributed by atoms with van der Waals surface area (Å²) in [4.78, 5) is 33.3. The van der Waals surface area contributed by atoms with E-state index < -0.39 is 17.9 Å². The van der Waals surface area contributed by atoms with Crippen LogP contribution in [0, 0.1) is 0 Å². The van der Waals surface area contributed by atoms with Crippen molar-refractivity contribution in [3.05, 3.63) is 5.89 Å². The molecule has 3 amide bonds. The van der Waals surface area contributed by atoms with Crippen LogP contribution in [0.2, 0.25) is 0 Å². The summed E-state index contributed by atoms with van der Waals surface area (Å²) in [5.41, 5.74) is 0. The zero-order valence-corrected chi connectivity index (χ0v) is 11.1. The smallest absolute Gasteiger partial charge is 0.396 e. The fourth-order valence-electron chi connectivity index (χ4n) is 0.896. The van der Waals surface area contributed by atoms with Gasteiger partial charge in [-0.15, -0.1) is 5.10 Å². The Bertz CT molecular complexity index is 475. The summed E-state index contributed by atoms with van der Waals surface area (Å²) in [6, 6.07) is -0.608. The molecule has 0 saturated carbocycles. The lowest BCUT2D eigenvalue weighted by atomic mass is 10.7. The molecule has 1 heterocycles. The third kappa shape index (κ3) is 4.95. The number of thioether (sulfide) groups is 1. The first-order chi connectivity index (χ1) is 9.06. The van der Waals surface area contributed by atoms with Crippen LogP contribution >= 0.6 is 11.8 Å². The van der Waals surface area contributed by atoms with Gasteiger partial charge in [0, 0.05) is 7.05 Å². The lowest BCUT2D eigenvalue weighted by Gasteiger charge is -2.00. The van der Waals surface area contributed by atoms with Crippen molar-refractivity contribution < 1.29 is 23.5 Å². The normalized spacial score (nSPS) is 9.79. The van der Waals surface area contributed by atoms with Gasteiger partial charge in [-0.1, -0.05) is 16.9 Å². The van der Waals surface area contributed by atoms with Gasteiger partial charge < -0.3 is 14.5 Å². The molecule has 9 nitrogen and oxygen atoms in total. The van der Waals surface area contributed by atoms with Crippen LogP contribution in [-0.4, -0.2) is 47.5 Å². The highest BCUT2D eigenvalue weighted by Crippen LogP contribution is 2.15. The summed E-state index contributed by atoms with van der Waals surface area (Å²) in [5.74, 6) is -1.63. The number of amides is 3. The van der Waals surface area contributed by atoms with Crippen molar-refractivity contribution in [2.75, 3.05) is 19.4 Å². The summed E-state index contributed by atoms with van der Waals surface area (Å²) < 4.78 is 9.62. The van der Waals surface area contributed by atoms with E-state index in [4.69, 9.17) is 4.42 Å². The van der Waals surface area contributed by atoms with Gasteiger partial charge in [0.05, 0.1) is 12.4 Å². The molecule has 0 aliphatic rings. The average Bonchev–Trinajstić information content (AvgIpc) is 2.85. The molecule has 0 atom stereocenters. The fourth-order valence-corrected chi connectivity index (χ4v) is 1.46. The largest absolute Gasteiger partial charge is 0.459 e. The zero-order chi connectivity index (χ0) is 14.3. The predicted octanol–water partition coefficient (Wildman–Crippen LogP) is -0.206. The van der Waals surface area contributed by atoms with E-state index in [-0.39, 0.29) is 23.5 Å². The van der Waals surface area contributed by atoms with Gasteiger partial charge in [0.1, 0.15) is 0 Å². The molecule has 0 aromatic carbocycles. The number of carbonyl (C=O) groups is 3. The third-order valence-electron chi connectivity index (χ3n) is 1.66. The van der Waals surface area contributed by atoms with E-state index in [1.54, 1.807) is 6.92 Å². The molecule has 0 aliphatic carbocycles. The van der Waals surface area contributed by atoms with Crippen LogP contribution in [-0.2, 0) is 9.53 Å². The number of nitrogens with one attached hydrogen (secondary N) is 2. The number of urea groups is 1. The highest BCUT2D eigenvalue weighted by atomic mass is 32.2. The number of ether oxygens (including phenoxy) is 1. The molecule has 2 N–H and O–H groups in total. The minimum absolute atomic E-state index is 0.0371. The Morgan fingerprint density at radius 1 is 1.37 bits per heavy atom. The minimum atomic E-state index is -0.725. The number of esters is 1. The Morgan fingerprint density at radius 3 is 2.74 bits per heavy atom. The number of imide groups is 1. The maximum absolute atomic E-state index is 11.3. The number of carbonyl (C=O) groups excluding carboxylic acids is 3. The molecule has 104 valence electrons. The minimum Gasteiger partial charge on any atom is -0.459 e. The second-order valence-electron chi connectivity index (χ2n) is 3.01. The molecule has 1 aromatic heterocycles. The van der Waals surface area contributed by atoms with Crippen LogP contribution in [0.4, 0.5) is 4.79 Å². The highest BCUT2D eigenvalue weighted by Gasteiger charge is 2.17. The van der Waals surface area contributed by atoms with Crippen LogP contribution in [0.25, 0.3) is 0 Å². The van der Waals surface area contributed by atoms with Gasteiger partial charge >= 0.3 is 17.9 Å². The van der Waals surface area contributed by atoms with E-state index in [2.05, 4.69) is 25.6 Å². The van der Waals surface area contributed by atoms with Crippen molar-refractivity contribution >= 4 is 29.7 Å². The van der Waals surface area contributed by atoms with Crippen LogP contribution in [0.15, 0.2) is 9.64 Å². The molecule has 0 saturated heterocycles. The van der Waals surface area contributed by atoms with Crippen molar-refractivity contribution in [1.29, 1.82) is 0 Å². The molecule has 0 radical (unpaired) electrons. The van der Waals surface area contributed by atoms with E-state index in [9.17, 15) is 14.4 Å².